The second kappa shape index (κ2) is 11.3. The molecule has 1 saturated heterocycles. The highest BCUT2D eigenvalue weighted by Gasteiger charge is 2.60. The van der Waals surface area contributed by atoms with E-state index < -0.39 is 0 Å². The monoisotopic (exact) mass is 529 g/mol. The minimum absolute atomic E-state index is 0.268. The van der Waals surface area contributed by atoms with E-state index in [0.29, 0.717) is 23.4 Å². The lowest BCUT2D eigenvalue weighted by Gasteiger charge is -2.61. The van der Waals surface area contributed by atoms with Crippen LogP contribution in [0.3, 0.4) is 0 Å². The van der Waals surface area contributed by atoms with Crippen molar-refractivity contribution in [2.45, 2.75) is 118 Å². The van der Waals surface area contributed by atoms with Crippen molar-refractivity contribution in [3.8, 4) is 0 Å². The van der Waals surface area contributed by atoms with Gasteiger partial charge in [-0.2, -0.15) is 0 Å². The highest BCUT2D eigenvalue weighted by Crippen LogP contribution is 2.68. The van der Waals surface area contributed by atoms with Crippen LogP contribution in [0.2, 0.25) is 0 Å². The van der Waals surface area contributed by atoms with E-state index in [1.165, 1.54) is 77.0 Å². The Morgan fingerprint density at radius 2 is 1.63 bits per heavy atom. The number of rotatable bonds is 8. The van der Waals surface area contributed by atoms with Gasteiger partial charge in [0.1, 0.15) is 13.1 Å². The van der Waals surface area contributed by atoms with Gasteiger partial charge in [-0.1, -0.05) is 53.9 Å². The molecule has 0 aromatic heterocycles. The van der Waals surface area contributed by atoms with Gasteiger partial charge >= 0.3 is 0 Å². The molecule has 5 fully saturated rings. The molecule has 1 heterocycles. The standard InChI is InChI=1S/C34H60N2O2/c1-24(2)8-7-9-25(3)29-12-13-30-28-11-10-26-22-27(35-32(37)23-36(6)18-20-38-21-19-36)14-16-33(26,4)31(28)15-17-34(29,30)5/h24-31H,7-23H2,1-6H3/p+1/t25-,26+,27+,28+,29-,30+,31+,33+,34-/m1/s1. The maximum atomic E-state index is 13.0. The zero-order chi connectivity index (χ0) is 27.1. The largest absolute Gasteiger partial charge is 0.370 e. The molecule has 5 aliphatic rings. The lowest BCUT2D eigenvalue weighted by Crippen LogP contribution is -2.58. The zero-order valence-electron chi connectivity index (χ0n) is 25.9. The fourth-order valence-corrected chi connectivity index (χ4v) is 11.0. The molecule has 38 heavy (non-hydrogen) atoms. The Hall–Kier alpha value is -0.610. The summed E-state index contributed by atoms with van der Waals surface area (Å²) in [5, 5.41) is 3.50. The Morgan fingerprint density at radius 3 is 2.37 bits per heavy atom. The second-order valence-corrected chi connectivity index (χ2v) is 16.1. The third kappa shape index (κ3) is 5.61. The van der Waals surface area contributed by atoms with Crippen LogP contribution in [-0.4, -0.2) is 56.3 Å². The van der Waals surface area contributed by atoms with Crippen LogP contribution in [0.25, 0.3) is 0 Å². The van der Waals surface area contributed by atoms with Crippen LogP contribution < -0.4 is 5.32 Å². The van der Waals surface area contributed by atoms with Gasteiger partial charge in [-0.25, -0.2) is 0 Å². The topological polar surface area (TPSA) is 38.3 Å². The summed E-state index contributed by atoms with van der Waals surface area (Å²) in [5.74, 6) is 6.60. The summed E-state index contributed by atoms with van der Waals surface area (Å²) in [4.78, 5) is 13.0. The maximum Gasteiger partial charge on any atom is 0.275 e. The number of nitrogens with one attached hydrogen (secondary N) is 1. The van der Waals surface area contributed by atoms with Crippen LogP contribution in [0.1, 0.15) is 112 Å². The minimum atomic E-state index is 0.268. The molecule has 0 bridgehead atoms. The number of amides is 1. The summed E-state index contributed by atoms with van der Waals surface area (Å²) >= 11 is 0. The van der Waals surface area contributed by atoms with E-state index in [1.54, 1.807) is 0 Å². The third-order valence-electron chi connectivity index (χ3n) is 13.3. The summed E-state index contributed by atoms with van der Waals surface area (Å²) in [7, 11) is 2.22. The minimum Gasteiger partial charge on any atom is -0.370 e. The van der Waals surface area contributed by atoms with E-state index in [2.05, 4.69) is 47.0 Å². The molecule has 0 radical (unpaired) electrons. The molecule has 1 amide bonds. The SMILES string of the molecule is CC(C)CCC[C@@H](C)[C@H]1CC[C@H]2[C@@H]3CC[C@H]4C[C@@H](NC(=O)C[N+]5(C)CCOCC5)CC[C@]4(C)[C@H]3CC[C@]12C. The molecule has 4 aliphatic carbocycles. The van der Waals surface area contributed by atoms with Gasteiger partial charge in [0.05, 0.1) is 20.3 Å². The lowest BCUT2D eigenvalue weighted by molar-refractivity contribution is -0.909. The predicted octanol–water partition coefficient (Wildman–Crippen LogP) is 7.07. The Morgan fingerprint density at radius 1 is 0.921 bits per heavy atom. The molecule has 1 aliphatic heterocycles. The number of carbonyl (C=O) groups excluding carboxylic acids is 1. The molecule has 0 unspecified atom stereocenters. The summed E-state index contributed by atoms with van der Waals surface area (Å²) in [5.41, 5.74) is 1.08. The van der Waals surface area contributed by atoms with Crippen molar-refractivity contribution < 1.29 is 14.0 Å². The van der Waals surface area contributed by atoms with Crippen LogP contribution in [-0.2, 0) is 9.53 Å². The first kappa shape index (κ1) is 28.9. The van der Waals surface area contributed by atoms with Crippen molar-refractivity contribution >= 4 is 5.91 Å². The van der Waals surface area contributed by atoms with E-state index >= 15 is 0 Å². The Kier molecular flexibility index (Phi) is 8.63. The fraction of sp³-hybridized carbons (Fsp3) is 0.971. The molecule has 0 aromatic carbocycles. The van der Waals surface area contributed by atoms with E-state index in [4.69, 9.17) is 4.74 Å². The molecule has 0 aromatic rings. The van der Waals surface area contributed by atoms with Crippen molar-refractivity contribution in [3.05, 3.63) is 0 Å². The average Bonchev–Trinajstić information content (AvgIpc) is 3.21. The van der Waals surface area contributed by atoms with Gasteiger partial charge in [0.15, 0.2) is 6.54 Å². The van der Waals surface area contributed by atoms with Gasteiger partial charge in [-0.3, -0.25) is 4.79 Å². The summed E-state index contributed by atoms with van der Waals surface area (Å²) < 4.78 is 6.37. The zero-order valence-corrected chi connectivity index (χ0v) is 25.9. The normalized spacial score (nSPS) is 43.1. The van der Waals surface area contributed by atoms with Crippen molar-refractivity contribution in [1.82, 2.24) is 5.32 Å². The summed E-state index contributed by atoms with van der Waals surface area (Å²) in [6.07, 6.45) is 16.8. The summed E-state index contributed by atoms with van der Waals surface area (Å²) in [6.45, 7) is 16.9. The number of hydrogen-bond donors (Lipinski definition) is 1. The van der Waals surface area contributed by atoms with E-state index in [9.17, 15) is 4.79 Å². The van der Waals surface area contributed by atoms with Crippen molar-refractivity contribution in [3.63, 3.8) is 0 Å². The first-order chi connectivity index (χ1) is 18.0. The second-order valence-electron chi connectivity index (χ2n) is 16.1. The van der Waals surface area contributed by atoms with Gasteiger partial charge in [0.25, 0.3) is 5.91 Å². The molecule has 4 nitrogen and oxygen atoms in total. The van der Waals surface area contributed by atoms with Crippen molar-refractivity contribution in [2.24, 2.45) is 52.3 Å². The molecule has 218 valence electrons. The van der Waals surface area contributed by atoms with Gasteiger partial charge in [-0.05, 0) is 110 Å². The Bertz CT molecular complexity index is 821. The number of carbonyl (C=O) groups is 1. The molecule has 1 N–H and O–H groups in total. The highest BCUT2D eigenvalue weighted by molar-refractivity contribution is 5.77. The number of morpholine rings is 1. The molecule has 5 rings (SSSR count). The number of likely N-dealkylation sites (N-methyl/N-ethyl adjacent to an activating group) is 1. The molecular weight excluding hydrogens is 468 g/mol. The Balaban J connectivity index is 1.18. The van der Waals surface area contributed by atoms with Gasteiger partial charge < -0.3 is 14.5 Å². The van der Waals surface area contributed by atoms with Crippen molar-refractivity contribution in [1.29, 1.82) is 0 Å². The number of quaternary nitrogens is 1. The first-order valence-electron chi connectivity index (χ1n) is 16.7. The van der Waals surface area contributed by atoms with Crippen LogP contribution >= 0.6 is 0 Å². The molecule has 4 heteroatoms. The first-order valence-corrected chi connectivity index (χ1v) is 16.7. The summed E-state index contributed by atoms with van der Waals surface area (Å²) in [6, 6.07) is 0.390. The van der Waals surface area contributed by atoms with Crippen LogP contribution in [0.4, 0.5) is 0 Å². The van der Waals surface area contributed by atoms with Crippen LogP contribution in [0.5, 0.6) is 0 Å². The van der Waals surface area contributed by atoms with E-state index in [1.807, 2.05) is 0 Å². The smallest absolute Gasteiger partial charge is 0.275 e. The van der Waals surface area contributed by atoms with Crippen LogP contribution in [0.15, 0.2) is 0 Å². The molecule has 9 atom stereocenters. The fourth-order valence-electron chi connectivity index (χ4n) is 11.0. The quantitative estimate of drug-likeness (QED) is 0.342. The number of fused-ring (bicyclic) bond motifs is 5. The Labute approximate surface area is 235 Å². The third-order valence-corrected chi connectivity index (χ3v) is 13.3. The molecular formula is C34H61N2O2+. The van der Waals surface area contributed by atoms with Gasteiger partial charge in [0, 0.05) is 6.04 Å². The molecule has 0 spiro atoms. The lowest BCUT2D eigenvalue weighted by atomic mass is 9.44. The molecule has 4 saturated carbocycles. The average molecular weight is 530 g/mol. The number of nitrogens with zero attached hydrogens (tertiary/aromatic N) is 1. The maximum absolute atomic E-state index is 13.0. The van der Waals surface area contributed by atoms with Crippen molar-refractivity contribution in [2.75, 3.05) is 39.9 Å². The van der Waals surface area contributed by atoms with E-state index in [-0.39, 0.29) is 5.91 Å². The van der Waals surface area contributed by atoms with Gasteiger partial charge in [-0.15, -0.1) is 0 Å². The highest BCUT2D eigenvalue weighted by atomic mass is 16.5. The number of hydrogen-bond acceptors (Lipinski definition) is 2. The number of ether oxygens (including phenoxy) is 1. The van der Waals surface area contributed by atoms with Gasteiger partial charge in [0.2, 0.25) is 0 Å². The van der Waals surface area contributed by atoms with E-state index in [0.717, 1.165) is 72.2 Å². The van der Waals surface area contributed by atoms with Crippen LogP contribution in [0, 0.1) is 52.3 Å². The predicted molar refractivity (Wildman–Crippen MR) is 157 cm³/mol.